The molecule has 2 heterocycles. The third-order valence-electron chi connectivity index (χ3n) is 7.34. The average molecular weight is 571 g/mol. The molecule has 0 bridgehead atoms. The van der Waals surface area contributed by atoms with Crippen LogP contribution in [0.5, 0.6) is 11.6 Å². The minimum Gasteiger partial charge on any atom is -0.492 e. The van der Waals surface area contributed by atoms with Gasteiger partial charge in [0, 0.05) is 0 Å². The van der Waals surface area contributed by atoms with Gasteiger partial charge in [-0.15, -0.1) is 0 Å². The van der Waals surface area contributed by atoms with Gasteiger partial charge in [0.1, 0.15) is 12.4 Å². The van der Waals surface area contributed by atoms with Crippen LogP contribution in [0.2, 0.25) is 5.02 Å². The van der Waals surface area contributed by atoms with Crippen LogP contribution < -0.4 is 14.2 Å². The van der Waals surface area contributed by atoms with Gasteiger partial charge in [0.2, 0.25) is 5.82 Å². The Morgan fingerprint density at radius 3 is 2.41 bits per heavy atom. The molecule has 0 atom stereocenters. The Morgan fingerprint density at radius 2 is 1.69 bits per heavy atom. The number of rotatable bonds is 9. The highest BCUT2D eigenvalue weighted by atomic mass is 35.5. The second kappa shape index (κ2) is 12.1. The van der Waals surface area contributed by atoms with Crippen molar-refractivity contribution in [1.82, 2.24) is 14.9 Å². The monoisotopic (exact) mass is 570 g/mol. The van der Waals surface area contributed by atoms with E-state index in [1.54, 1.807) is 30.3 Å². The molecule has 1 aliphatic heterocycles. The lowest BCUT2D eigenvalue weighted by atomic mass is 9.98. The van der Waals surface area contributed by atoms with Gasteiger partial charge in [-0.3, -0.25) is 4.72 Å². The van der Waals surface area contributed by atoms with Gasteiger partial charge in [-0.2, -0.15) is 0 Å². The number of aromatic nitrogens is 2. The number of hydrogen-bond acceptors (Lipinski definition) is 7. The highest BCUT2D eigenvalue weighted by Crippen LogP contribution is 2.31. The molecule has 1 fully saturated rings. The zero-order valence-electron chi connectivity index (χ0n) is 22.5. The summed E-state index contributed by atoms with van der Waals surface area (Å²) in [7, 11) is -1.73. The van der Waals surface area contributed by atoms with Crippen LogP contribution in [-0.2, 0) is 29.5 Å². The molecule has 208 valence electrons. The van der Waals surface area contributed by atoms with Crippen LogP contribution in [0.4, 0.5) is 5.82 Å². The fourth-order valence-electron chi connectivity index (χ4n) is 4.88. The van der Waals surface area contributed by atoms with Gasteiger partial charge in [-0.25, -0.2) is 18.4 Å². The molecule has 1 aliphatic carbocycles. The van der Waals surface area contributed by atoms with Crippen LogP contribution in [0.3, 0.4) is 0 Å². The third kappa shape index (κ3) is 7.01. The Kier molecular flexibility index (Phi) is 8.59. The number of nitrogens with one attached hydrogen (secondary N) is 1. The van der Waals surface area contributed by atoms with Crippen LogP contribution in [0.25, 0.3) is 0 Å². The number of anilines is 1. The van der Waals surface area contributed by atoms with Gasteiger partial charge in [-0.05, 0) is 101 Å². The van der Waals surface area contributed by atoms with E-state index in [0.717, 1.165) is 74.1 Å². The van der Waals surface area contributed by atoms with Gasteiger partial charge in [0.05, 0.1) is 27.9 Å². The molecule has 0 saturated carbocycles. The Hall–Kier alpha value is -2.88. The number of likely N-dealkylation sites (tertiary alicyclic amines) is 1. The number of fused-ring (bicyclic) bond motifs is 1. The molecule has 0 radical (unpaired) electrons. The second-order valence-electron chi connectivity index (χ2n) is 10.5. The number of hydrogen-bond donors (Lipinski definition) is 1. The van der Waals surface area contributed by atoms with Crippen molar-refractivity contribution >= 4 is 27.4 Å². The number of nitrogens with zero attached hydrogens (tertiary/aromatic N) is 3. The molecule has 2 aliphatic rings. The number of halogens is 1. The van der Waals surface area contributed by atoms with Crippen molar-refractivity contribution in [1.29, 1.82) is 0 Å². The normalized spacial score (nSPS) is 16.5. The van der Waals surface area contributed by atoms with E-state index in [1.165, 1.54) is 0 Å². The molecule has 8 nitrogen and oxygen atoms in total. The average Bonchev–Trinajstić information content (AvgIpc) is 2.93. The van der Waals surface area contributed by atoms with Crippen LogP contribution in [0.1, 0.15) is 48.2 Å². The van der Waals surface area contributed by atoms with Crippen LogP contribution in [-0.4, -0.2) is 50.0 Å². The standard InChI is InChI=1S/C29H35ClN4O4S/c1-20-7-10-23(11-8-20)39(35,36)33-28-29(32-26-6-4-3-5-25(26)31-28)38-19-22-9-12-24(30)27(17-22)37-18-21-13-15-34(2)16-14-21/h7-12,17,21H,3-6,13-16,18-19H2,1-2H3,(H,31,33). The molecule has 0 spiro atoms. The van der Waals surface area contributed by atoms with Crippen molar-refractivity contribution in [2.75, 3.05) is 31.5 Å². The van der Waals surface area contributed by atoms with E-state index in [0.29, 0.717) is 23.3 Å². The Morgan fingerprint density at radius 1 is 1.00 bits per heavy atom. The predicted molar refractivity (Wildman–Crippen MR) is 152 cm³/mol. The molecular formula is C29H35ClN4O4S. The van der Waals surface area contributed by atoms with Crippen molar-refractivity contribution in [3.8, 4) is 11.6 Å². The number of sulfonamides is 1. The summed E-state index contributed by atoms with van der Waals surface area (Å²) >= 11 is 6.43. The topological polar surface area (TPSA) is 93.7 Å². The summed E-state index contributed by atoms with van der Waals surface area (Å²) in [4.78, 5) is 11.8. The lowest BCUT2D eigenvalue weighted by Gasteiger charge is -2.28. The third-order valence-corrected chi connectivity index (χ3v) is 9.01. The summed E-state index contributed by atoms with van der Waals surface area (Å²) < 4.78 is 41.1. The number of piperidine rings is 1. The maximum Gasteiger partial charge on any atom is 0.263 e. The summed E-state index contributed by atoms with van der Waals surface area (Å²) in [6, 6.07) is 12.2. The fourth-order valence-corrected chi connectivity index (χ4v) is 6.05. The molecule has 0 unspecified atom stereocenters. The largest absolute Gasteiger partial charge is 0.492 e. The Labute approximate surface area is 235 Å². The van der Waals surface area contributed by atoms with E-state index in [2.05, 4.69) is 21.7 Å². The van der Waals surface area contributed by atoms with Crippen molar-refractivity contribution in [2.45, 2.75) is 57.0 Å². The zero-order chi connectivity index (χ0) is 27.4. The minimum absolute atomic E-state index is 0.101. The first-order chi connectivity index (χ1) is 18.8. The molecular weight excluding hydrogens is 536 g/mol. The first-order valence-corrected chi connectivity index (χ1v) is 15.3. The van der Waals surface area contributed by atoms with Gasteiger partial charge < -0.3 is 14.4 Å². The highest BCUT2D eigenvalue weighted by Gasteiger charge is 2.23. The van der Waals surface area contributed by atoms with Crippen LogP contribution in [0.15, 0.2) is 47.4 Å². The number of ether oxygens (including phenoxy) is 2. The van der Waals surface area contributed by atoms with Gasteiger partial charge in [0.25, 0.3) is 15.9 Å². The van der Waals surface area contributed by atoms with Crippen molar-refractivity contribution in [3.63, 3.8) is 0 Å². The smallest absolute Gasteiger partial charge is 0.263 e. The first kappa shape index (κ1) is 27.7. The van der Waals surface area contributed by atoms with Crippen LogP contribution in [0, 0.1) is 12.8 Å². The van der Waals surface area contributed by atoms with Crippen LogP contribution >= 0.6 is 11.6 Å². The van der Waals surface area contributed by atoms with E-state index >= 15 is 0 Å². The van der Waals surface area contributed by atoms with E-state index < -0.39 is 10.0 Å². The lowest BCUT2D eigenvalue weighted by molar-refractivity contribution is 0.160. The summed E-state index contributed by atoms with van der Waals surface area (Å²) in [5.74, 6) is 1.39. The summed E-state index contributed by atoms with van der Waals surface area (Å²) in [5.41, 5.74) is 3.48. The molecule has 1 saturated heterocycles. The molecule has 1 N–H and O–H groups in total. The van der Waals surface area contributed by atoms with E-state index in [-0.39, 0.29) is 23.2 Å². The molecule has 10 heteroatoms. The molecule has 1 aromatic heterocycles. The van der Waals surface area contributed by atoms with Gasteiger partial charge in [-0.1, -0.05) is 35.4 Å². The van der Waals surface area contributed by atoms with Gasteiger partial charge in [0.15, 0.2) is 0 Å². The first-order valence-electron chi connectivity index (χ1n) is 13.5. The summed E-state index contributed by atoms with van der Waals surface area (Å²) in [6.45, 7) is 4.85. The molecule has 5 rings (SSSR count). The fraction of sp³-hybridized carbons (Fsp3) is 0.448. The second-order valence-corrected chi connectivity index (χ2v) is 12.6. The highest BCUT2D eigenvalue weighted by molar-refractivity contribution is 7.92. The Balaban J connectivity index is 1.33. The van der Waals surface area contributed by atoms with Gasteiger partial charge >= 0.3 is 0 Å². The SMILES string of the molecule is Cc1ccc(S(=O)(=O)Nc2nc3c(nc2OCc2ccc(Cl)c(OCC4CCN(C)CC4)c2)CCCC3)cc1. The number of benzene rings is 2. The molecule has 2 aromatic carbocycles. The van der Waals surface area contributed by atoms with Crippen molar-refractivity contribution in [3.05, 3.63) is 70.0 Å². The molecule has 39 heavy (non-hydrogen) atoms. The maximum atomic E-state index is 13.1. The number of aryl methyl sites for hydroxylation is 3. The minimum atomic E-state index is -3.87. The Bertz CT molecular complexity index is 1410. The molecule has 0 amide bonds. The quantitative estimate of drug-likeness (QED) is 0.367. The van der Waals surface area contributed by atoms with E-state index in [9.17, 15) is 8.42 Å². The van der Waals surface area contributed by atoms with Crippen molar-refractivity contribution < 1.29 is 17.9 Å². The summed E-state index contributed by atoms with van der Waals surface area (Å²) in [5, 5.41) is 0.548. The maximum absolute atomic E-state index is 13.1. The molecule has 3 aromatic rings. The van der Waals surface area contributed by atoms with Crippen molar-refractivity contribution in [2.24, 2.45) is 5.92 Å². The summed E-state index contributed by atoms with van der Waals surface area (Å²) in [6.07, 6.45) is 5.78. The predicted octanol–water partition coefficient (Wildman–Crippen LogP) is 5.42. The zero-order valence-corrected chi connectivity index (χ0v) is 24.0. The van der Waals surface area contributed by atoms with E-state index in [4.69, 9.17) is 26.1 Å². The lowest BCUT2D eigenvalue weighted by Crippen LogP contribution is -2.32. The van der Waals surface area contributed by atoms with E-state index in [1.807, 2.05) is 19.1 Å².